The van der Waals surface area contributed by atoms with Crippen molar-refractivity contribution in [3.8, 4) is 5.75 Å². The highest BCUT2D eigenvalue weighted by atomic mass is 79.9. The van der Waals surface area contributed by atoms with Gasteiger partial charge in [0, 0.05) is 28.9 Å². The molecule has 2 N–H and O–H groups in total. The van der Waals surface area contributed by atoms with Crippen LogP contribution in [0.25, 0.3) is 10.9 Å². The van der Waals surface area contributed by atoms with Gasteiger partial charge in [0.1, 0.15) is 18.2 Å². The lowest BCUT2D eigenvalue weighted by atomic mass is 10.1. The average Bonchev–Trinajstić information content (AvgIpc) is 2.50. The predicted molar refractivity (Wildman–Crippen MR) is 84.6 cm³/mol. The van der Waals surface area contributed by atoms with Crippen LogP contribution in [0.5, 0.6) is 5.75 Å². The van der Waals surface area contributed by atoms with Crippen LogP contribution in [-0.2, 0) is 6.61 Å². The van der Waals surface area contributed by atoms with E-state index in [9.17, 15) is 4.39 Å². The SMILES string of the molecule is Nc1ccc(COc2ccc(Br)c(F)c2)c2ncccc12. The van der Waals surface area contributed by atoms with E-state index in [4.69, 9.17) is 10.5 Å². The molecule has 0 aliphatic carbocycles. The van der Waals surface area contributed by atoms with Gasteiger partial charge in [-0.05, 0) is 46.3 Å². The molecule has 106 valence electrons. The minimum Gasteiger partial charge on any atom is -0.489 e. The van der Waals surface area contributed by atoms with Gasteiger partial charge in [0.05, 0.1) is 9.99 Å². The third-order valence-corrected chi connectivity index (χ3v) is 3.82. The maximum Gasteiger partial charge on any atom is 0.141 e. The van der Waals surface area contributed by atoms with E-state index in [2.05, 4.69) is 20.9 Å². The number of ether oxygens (including phenoxy) is 1. The normalized spacial score (nSPS) is 10.8. The molecule has 5 heteroatoms. The van der Waals surface area contributed by atoms with Gasteiger partial charge < -0.3 is 10.5 Å². The van der Waals surface area contributed by atoms with E-state index in [0.717, 1.165) is 16.5 Å². The number of hydrogen-bond acceptors (Lipinski definition) is 3. The standard InChI is InChI=1S/C16H12BrFN2O/c17-13-5-4-11(8-14(13)18)21-9-10-3-6-15(19)12-2-1-7-20-16(10)12/h1-8H,9,19H2. The second kappa shape index (κ2) is 5.69. The summed E-state index contributed by atoms with van der Waals surface area (Å²) in [5.41, 5.74) is 8.32. The summed E-state index contributed by atoms with van der Waals surface area (Å²) in [7, 11) is 0. The van der Waals surface area contributed by atoms with Crippen molar-refractivity contribution in [2.24, 2.45) is 0 Å². The highest BCUT2D eigenvalue weighted by Crippen LogP contribution is 2.25. The lowest BCUT2D eigenvalue weighted by molar-refractivity contribution is 0.305. The van der Waals surface area contributed by atoms with Crippen molar-refractivity contribution < 1.29 is 9.13 Å². The molecule has 2 aromatic carbocycles. The zero-order chi connectivity index (χ0) is 14.8. The van der Waals surface area contributed by atoms with Crippen LogP contribution in [-0.4, -0.2) is 4.98 Å². The summed E-state index contributed by atoms with van der Waals surface area (Å²) >= 11 is 3.11. The molecular formula is C16H12BrFN2O. The fraction of sp³-hybridized carbons (Fsp3) is 0.0625. The second-order valence-corrected chi connectivity index (χ2v) is 5.43. The smallest absolute Gasteiger partial charge is 0.141 e. The molecule has 0 amide bonds. The monoisotopic (exact) mass is 346 g/mol. The molecule has 3 aromatic rings. The molecule has 3 nitrogen and oxygen atoms in total. The Kier molecular flexibility index (Phi) is 3.75. The number of anilines is 1. The molecule has 0 fully saturated rings. The molecule has 0 atom stereocenters. The third-order valence-electron chi connectivity index (χ3n) is 3.17. The minimum absolute atomic E-state index is 0.300. The number of hydrogen-bond donors (Lipinski definition) is 1. The number of halogens is 2. The van der Waals surface area contributed by atoms with E-state index in [1.165, 1.54) is 6.07 Å². The molecule has 0 aliphatic heterocycles. The number of nitrogens with two attached hydrogens (primary N) is 1. The molecule has 3 rings (SSSR count). The fourth-order valence-electron chi connectivity index (χ4n) is 2.10. The van der Waals surface area contributed by atoms with Crippen molar-refractivity contribution in [2.45, 2.75) is 6.61 Å². The molecule has 1 heterocycles. The van der Waals surface area contributed by atoms with Gasteiger partial charge in [-0.2, -0.15) is 0 Å². The Morgan fingerprint density at radius 2 is 2.05 bits per heavy atom. The molecular weight excluding hydrogens is 335 g/mol. The average molecular weight is 347 g/mol. The van der Waals surface area contributed by atoms with Gasteiger partial charge in [0.15, 0.2) is 0 Å². The first-order valence-electron chi connectivity index (χ1n) is 6.35. The van der Waals surface area contributed by atoms with Crippen molar-refractivity contribution >= 4 is 32.5 Å². The summed E-state index contributed by atoms with van der Waals surface area (Å²) in [5, 5.41) is 0.889. The van der Waals surface area contributed by atoms with Crippen molar-refractivity contribution in [1.82, 2.24) is 4.98 Å². The van der Waals surface area contributed by atoms with Gasteiger partial charge in [-0.25, -0.2) is 4.39 Å². The first-order valence-corrected chi connectivity index (χ1v) is 7.14. The molecule has 0 unspecified atom stereocenters. The number of fused-ring (bicyclic) bond motifs is 1. The van der Waals surface area contributed by atoms with Gasteiger partial charge in [-0.15, -0.1) is 0 Å². The van der Waals surface area contributed by atoms with Gasteiger partial charge >= 0.3 is 0 Å². The quantitative estimate of drug-likeness (QED) is 0.719. The fourth-order valence-corrected chi connectivity index (χ4v) is 2.34. The van der Waals surface area contributed by atoms with E-state index in [1.807, 2.05) is 24.3 Å². The molecule has 0 saturated heterocycles. The van der Waals surface area contributed by atoms with Crippen LogP contribution in [0.1, 0.15) is 5.56 Å². The number of benzene rings is 2. The van der Waals surface area contributed by atoms with Crippen LogP contribution in [0, 0.1) is 5.82 Å². The van der Waals surface area contributed by atoms with Crippen molar-refractivity contribution in [3.05, 3.63) is 64.5 Å². The number of aromatic nitrogens is 1. The molecule has 0 bridgehead atoms. The molecule has 0 spiro atoms. The summed E-state index contributed by atoms with van der Waals surface area (Å²) < 4.78 is 19.5. The topological polar surface area (TPSA) is 48.1 Å². The minimum atomic E-state index is -0.354. The lowest BCUT2D eigenvalue weighted by Gasteiger charge is -2.10. The van der Waals surface area contributed by atoms with Gasteiger partial charge in [0.2, 0.25) is 0 Å². The van der Waals surface area contributed by atoms with Crippen LogP contribution >= 0.6 is 15.9 Å². The van der Waals surface area contributed by atoms with Crippen LogP contribution in [0.3, 0.4) is 0 Å². The van der Waals surface area contributed by atoms with Crippen molar-refractivity contribution in [3.63, 3.8) is 0 Å². The van der Waals surface area contributed by atoms with Gasteiger partial charge in [-0.3, -0.25) is 4.98 Å². The largest absolute Gasteiger partial charge is 0.489 e. The van der Waals surface area contributed by atoms with E-state index < -0.39 is 0 Å². The van der Waals surface area contributed by atoms with Crippen molar-refractivity contribution in [2.75, 3.05) is 5.73 Å². The van der Waals surface area contributed by atoms with Crippen molar-refractivity contribution in [1.29, 1.82) is 0 Å². The first kappa shape index (κ1) is 13.8. The number of nitrogen functional groups attached to an aromatic ring is 1. The van der Waals surface area contributed by atoms with E-state index in [0.29, 0.717) is 22.5 Å². The van der Waals surface area contributed by atoms with Gasteiger partial charge in [-0.1, -0.05) is 6.07 Å². The van der Waals surface area contributed by atoms with E-state index >= 15 is 0 Å². The lowest BCUT2D eigenvalue weighted by Crippen LogP contribution is -1.99. The van der Waals surface area contributed by atoms with Gasteiger partial charge in [0.25, 0.3) is 0 Å². The summed E-state index contributed by atoms with van der Waals surface area (Å²) in [4.78, 5) is 4.34. The highest BCUT2D eigenvalue weighted by Gasteiger charge is 2.07. The predicted octanol–water partition coefficient (Wildman–Crippen LogP) is 4.30. The number of pyridine rings is 1. The summed E-state index contributed by atoms with van der Waals surface area (Å²) in [6, 6.07) is 12.1. The summed E-state index contributed by atoms with van der Waals surface area (Å²) in [6.07, 6.45) is 1.71. The number of nitrogens with zero attached hydrogens (tertiary/aromatic N) is 1. The Morgan fingerprint density at radius 3 is 2.86 bits per heavy atom. The maximum absolute atomic E-state index is 13.5. The number of rotatable bonds is 3. The third kappa shape index (κ3) is 2.83. The van der Waals surface area contributed by atoms with Crippen LogP contribution < -0.4 is 10.5 Å². The zero-order valence-electron chi connectivity index (χ0n) is 11.0. The Balaban J connectivity index is 1.88. The Morgan fingerprint density at radius 1 is 1.19 bits per heavy atom. The van der Waals surface area contributed by atoms with E-state index in [1.54, 1.807) is 18.3 Å². The Hall–Kier alpha value is -2.14. The zero-order valence-corrected chi connectivity index (χ0v) is 12.6. The second-order valence-electron chi connectivity index (χ2n) is 4.58. The molecule has 0 radical (unpaired) electrons. The van der Waals surface area contributed by atoms with Crippen LogP contribution in [0.15, 0.2) is 53.1 Å². The first-order chi connectivity index (χ1) is 10.1. The van der Waals surface area contributed by atoms with Crippen LogP contribution in [0.2, 0.25) is 0 Å². The Labute approximate surface area is 129 Å². The molecule has 1 aromatic heterocycles. The molecule has 21 heavy (non-hydrogen) atoms. The highest BCUT2D eigenvalue weighted by molar-refractivity contribution is 9.10. The molecule has 0 saturated carbocycles. The summed E-state index contributed by atoms with van der Waals surface area (Å²) in [5.74, 6) is 0.115. The van der Waals surface area contributed by atoms with Crippen LogP contribution in [0.4, 0.5) is 10.1 Å². The molecule has 0 aliphatic rings. The Bertz CT molecular complexity index is 807. The maximum atomic E-state index is 13.5. The summed E-state index contributed by atoms with van der Waals surface area (Å²) in [6.45, 7) is 0.300. The van der Waals surface area contributed by atoms with E-state index in [-0.39, 0.29) is 5.82 Å².